The van der Waals surface area contributed by atoms with Gasteiger partial charge in [-0.05, 0) is 19.1 Å². The second-order valence-corrected chi connectivity index (χ2v) is 4.43. The second kappa shape index (κ2) is 4.49. The molecule has 0 aliphatic heterocycles. The highest BCUT2D eigenvalue weighted by molar-refractivity contribution is 5.95. The zero-order chi connectivity index (χ0) is 12.5. The van der Waals surface area contributed by atoms with Gasteiger partial charge in [-0.3, -0.25) is 4.79 Å². The minimum atomic E-state index is -2.55. The van der Waals surface area contributed by atoms with Gasteiger partial charge in [0.2, 0.25) is 0 Å². The minimum Gasteiger partial charge on any atom is -0.306 e. The van der Waals surface area contributed by atoms with Gasteiger partial charge in [-0.2, -0.15) is 0 Å². The van der Waals surface area contributed by atoms with Crippen molar-refractivity contribution in [3.05, 3.63) is 29.6 Å². The number of hydrogen-bond acceptors (Lipinski definition) is 3. The molecule has 17 heavy (non-hydrogen) atoms. The third-order valence-electron chi connectivity index (χ3n) is 2.82. The molecule has 1 aliphatic rings. The number of ketones is 1. The number of Topliss-reactive ketones (excluding diaryl/α,β-unsaturated/α-hetero) is 1. The zero-order valence-electron chi connectivity index (χ0n) is 9.54. The van der Waals surface area contributed by atoms with Crippen molar-refractivity contribution >= 4 is 5.78 Å². The van der Waals surface area contributed by atoms with Crippen LogP contribution in [0, 0.1) is 6.92 Å². The lowest BCUT2D eigenvalue weighted by molar-refractivity contribution is -0.0920. The normalized spacial score (nSPS) is 18.8. The van der Waals surface area contributed by atoms with Crippen LogP contribution in [0.5, 0.6) is 0 Å². The molecule has 0 spiro atoms. The van der Waals surface area contributed by atoms with Crippen LogP contribution in [0.4, 0.5) is 8.78 Å². The number of pyridine rings is 1. The van der Waals surface area contributed by atoms with Crippen LogP contribution in [-0.4, -0.2) is 29.3 Å². The van der Waals surface area contributed by atoms with Gasteiger partial charge in [-0.1, -0.05) is 6.07 Å². The van der Waals surface area contributed by atoms with Gasteiger partial charge in [0.25, 0.3) is 5.92 Å². The van der Waals surface area contributed by atoms with Gasteiger partial charge in [0, 0.05) is 24.6 Å². The molecule has 0 aromatic carbocycles. The first-order valence-electron chi connectivity index (χ1n) is 5.54. The highest BCUT2D eigenvalue weighted by Gasteiger charge is 2.45. The van der Waals surface area contributed by atoms with E-state index in [-0.39, 0.29) is 31.2 Å². The Morgan fingerprint density at radius 1 is 1.53 bits per heavy atom. The van der Waals surface area contributed by atoms with Crippen molar-refractivity contribution in [3.63, 3.8) is 0 Å². The largest absolute Gasteiger partial charge is 0.306 e. The Morgan fingerprint density at radius 2 is 2.24 bits per heavy atom. The lowest BCUT2D eigenvalue weighted by Gasteiger charge is -2.35. The molecule has 0 bridgehead atoms. The number of halogens is 2. The van der Waals surface area contributed by atoms with E-state index >= 15 is 0 Å². The van der Waals surface area contributed by atoms with Crippen LogP contribution in [0.15, 0.2) is 18.2 Å². The SMILES string of the molecule is Cc1cccc(C(=O)CNC2CC(F)(F)C2)n1. The van der Waals surface area contributed by atoms with Gasteiger partial charge in [0.15, 0.2) is 5.78 Å². The van der Waals surface area contributed by atoms with E-state index in [1.165, 1.54) is 0 Å². The molecule has 0 radical (unpaired) electrons. The number of nitrogens with one attached hydrogen (secondary N) is 1. The number of aromatic nitrogens is 1. The number of hydrogen-bond donors (Lipinski definition) is 1. The Hall–Kier alpha value is -1.36. The molecule has 1 aromatic heterocycles. The average Bonchev–Trinajstić information content (AvgIpc) is 2.23. The smallest absolute Gasteiger partial charge is 0.251 e. The Morgan fingerprint density at radius 3 is 2.82 bits per heavy atom. The van der Waals surface area contributed by atoms with E-state index in [2.05, 4.69) is 10.3 Å². The van der Waals surface area contributed by atoms with Gasteiger partial charge >= 0.3 is 0 Å². The molecule has 2 rings (SSSR count). The summed E-state index contributed by atoms with van der Waals surface area (Å²) < 4.78 is 25.1. The van der Waals surface area contributed by atoms with Gasteiger partial charge < -0.3 is 5.32 Å². The van der Waals surface area contributed by atoms with E-state index in [4.69, 9.17) is 0 Å². The predicted octanol–water partition coefficient (Wildman–Crippen LogP) is 1.96. The fraction of sp³-hybridized carbons (Fsp3) is 0.500. The van der Waals surface area contributed by atoms with Crippen LogP contribution in [0.2, 0.25) is 0 Å². The summed E-state index contributed by atoms with van der Waals surface area (Å²) in [4.78, 5) is 15.8. The van der Waals surface area contributed by atoms with Crippen LogP contribution in [0.1, 0.15) is 29.0 Å². The van der Waals surface area contributed by atoms with E-state index < -0.39 is 5.92 Å². The Balaban J connectivity index is 1.82. The summed E-state index contributed by atoms with van der Waals surface area (Å²) in [5, 5.41) is 2.82. The fourth-order valence-electron chi connectivity index (χ4n) is 1.83. The van der Waals surface area contributed by atoms with Crippen molar-refractivity contribution < 1.29 is 13.6 Å². The van der Waals surface area contributed by atoms with E-state index in [0.717, 1.165) is 5.69 Å². The number of carbonyl (C=O) groups is 1. The maximum atomic E-state index is 12.6. The van der Waals surface area contributed by atoms with E-state index in [0.29, 0.717) is 5.69 Å². The van der Waals surface area contributed by atoms with Crippen molar-refractivity contribution in [1.82, 2.24) is 10.3 Å². The topological polar surface area (TPSA) is 42.0 Å². The van der Waals surface area contributed by atoms with E-state index in [9.17, 15) is 13.6 Å². The first kappa shape index (κ1) is 12.1. The zero-order valence-corrected chi connectivity index (χ0v) is 9.54. The molecule has 1 saturated carbocycles. The molecule has 0 saturated heterocycles. The molecule has 0 atom stereocenters. The Labute approximate surface area is 98.2 Å². The molecule has 0 amide bonds. The fourth-order valence-corrected chi connectivity index (χ4v) is 1.83. The Kier molecular flexibility index (Phi) is 3.19. The van der Waals surface area contributed by atoms with Gasteiger partial charge in [-0.25, -0.2) is 13.8 Å². The monoisotopic (exact) mass is 240 g/mol. The van der Waals surface area contributed by atoms with Gasteiger partial charge in [0.05, 0.1) is 6.54 Å². The van der Waals surface area contributed by atoms with Crippen molar-refractivity contribution in [2.24, 2.45) is 0 Å². The summed E-state index contributed by atoms with van der Waals surface area (Å²) in [6.45, 7) is 1.87. The summed E-state index contributed by atoms with van der Waals surface area (Å²) in [5.74, 6) is -2.72. The van der Waals surface area contributed by atoms with Crippen molar-refractivity contribution in [1.29, 1.82) is 0 Å². The van der Waals surface area contributed by atoms with E-state index in [1.54, 1.807) is 25.1 Å². The number of alkyl halides is 2. The molecule has 5 heteroatoms. The first-order chi connectivity index (χ1) is 7.96. The maximum absolute atomic E-state index is 12.6. The van der Waals surface area contributed by atoms with E-state index in [1.807, 2.05) is 0 Å². The average molecular weight is 240 g/mol. The number of nitrogens with zero attached hydrogens (tertiary/aromatic N) is 1. The molecule has 1 aliphatic carbocycles. The van der Waals surface area contributed by atoms with Crippen LogP contribution >= 0.6 is 0 Å². The molecule has 1 N–H and O–H groups in total. The summed E-state index contributed by atoms with van der Waals surface area (Å²) in [5.41, 5.74) is 1.15. The number of carbonyl (C=O) groups excluding carboxylic acids is 1. The van der Waals surface area contributed by atoms with Gasteiger partial charge in [-0.15, -0.1) is 0 Å². The lowest BCUT2D eigenvalue weighted by Crippen LogP contribution is -2.49. The van der Waals surface area contributed by atoms with Crippen molar-refractivity contribution in [3.8, 4) is 0 Å². The maximum Gasteiger partial charge on any atom is 0.251 e. The number of rotatable bonds is 4. The summed E-state index contributed by atoms with van der Waals surface area (Å²) in [7, 11) is 0. The number of aryl methyl sites for hydroxylation is 1. The molecule has 1 fully saturated rings. The summed E-state index contributed by atoms with van der Waals surface area (Å²) >= 11 is 0. The minimum absolute atomic E-state index is 0.0667. The third-order valence-corrected chi connectivity index (χ3v) is 2.82. The lowest BCUT2D eigenvalue weighted by atomic mass is 9.88. The summed E-state index contributed by atoms with van der Waals surface area (Å²) in [6, 6.07) is 4.94. The van der Waals surface area contributed by atoms with Crippen molar-refractivity contribution in [2.75, 3.05) is 6.54 Å². The second-order valence-electron chi connectivity index (χ2n) is 4.43. The quantitative estimate of drug-likeness (QED) is 0.818. The molecule has 1 heterocycles. The molecule has 1 aromatic rings. The highest BCUT2D eigenvalue weighted by Crippen LogP contribution is 2.37. The molecular weight excluding hydrogens is 226 g/mol. The van der Waals surface area contributed by atoms with Crippen LogP contribution in [0.25, 0.3) is 0 Å². The Bertz CT molecular complexity index is 426. The molecular formula is C12H14F2N2O. The predicted molar refractivity (Wildman–Crippen MR) is 59.3 cm³/mol. The van der Waals surface area contributed by atoms with Crippen LogP contribution < -0.4 is 5.32 Å². The summed E-state index contributed by atoms with van der Waals surface area (Å²) in [6.07, 6.45) is -0.358. The highest BCUT2D eigenvalue weighted by atomic mass is 19.3. The van der Waals surface area contributed by atoms with Crippen LogP contribution in [0.3, 0.4) is 0 Å². The standard InChI is InChI=1S/C12H14F2N2O/c1-8-3-2-4-10(16-8)11(17)7-15-9-5-12(13,14)6-9/h2-4,9,15H,5-7H2,1H3. The first-order valence-corrected chi connectivity index (χ1v) is 5.54. The molecule has 92 valence electrons. The molecule has 0 unspecified atom stereocenters. The van der Waals surface area contributed by atoms with Crippen molar-refractivity contribution in [2.45, 2.75) is 31.7 Å². The van der Waals surface area contributed by atoms with Crippen LogP contribution in [-0.2, 0) is 0 Å². The third kappa shape index (κ3) is 3.06. The molecule has 3 nitrogen and oxygen atoms in total. The van der Waals surface area contributed by atoms with Gasteiger partial charge in [0.1, 0.15) is 5.69 Å².